The monoisotopic (exact) mass is 326 g/mol. The predicted octanol–water partition coefficient (Wildman–Crippen LogP) is 3.84. The number of hydrogen-bond acceptors (Lipinski definition) is 3. The first-order valence-corrected chi connectivity index (χ1v) is 8.45. The highest BCUT2D eigenvalue weighted by atomic mass is 32.1. The Balaban J connectivity index is 1.73. The van der Waals surface area contributed by atoms with Crippen LogP contribution in [0.5, 0.6) is 0 Å². The lowest BCUT2D eigenvalue weighted by Gasteiger charge is -2.19. The number of anilines is 2. The molecule has 0 unspecified atom stereocenters. The van der Waals surface area contributed by atoms with Crippen molar-refractivity contribution >= 4 is 40.6 Å². The van der Waals surface area contributed by atoms with E-state index in [1.54, 1.807) is 22.3 Å². The number of hydrogen-bond donors (Lipinski definition) is 1. The van der Waals surface area contributed by atoms with Crippen LogP contribution in [0, 0.1) is 6.92 Å². The van der Waals surface area contributed by atoms with Gasteiger partial charge in [-0.2, -0.15) is 0 Å². The van der Waals surface area contributed by atoms with Crippen LogP contribution in [0.25, 0.3) is 6.08 Å². The molecule has 2 heterocycles. The summed E-state index contributed by atoms with van der Waals surface area (Å²) in [5.74, 6) is -0.0323. The van der Waals surface area contributed by atoms with Crippen LogP contribution in [0.1, 0.15) is 23.3 Å². The summed E-state index contributed by atoms with van der Waals surface area (Å²) in [6.45, 7) is 2.72. The van der Waals surface area contributed by atoms with Gasteiger partial charge in [-0.1, -0.05) is 12.1 Å². The first-order valence-electron chi connectivity index (χ1n) is 7.57. The zero-order valence-corrected chi connectivity index (χ0v) is 13.7. The van der Waals surface area contributed by atoms with Crippen molar-refractivity contribution in [1.29, 1.82) is 0 Å². The van der Waals surface area contributed by atoms with Crippen LogP contribution in [0.15, 0.2) is 41.8 Å². The minimum absolute atomic E-state index is 0.147. The van der Waals surface area contributed by atoms with Crippen molar-refractivity contribution < 1.29 is 9.59 Å². The van der Waals surface area contributed by atoms with Crippen LogP contribution < -0.4 is 10.2 Å². The lowest BCUT2D eigenvalue weighted by atomic mass is 10.1. The van der Waals surface area contributed by atoms with E-state index in [1.165, 1.54) is 6.08 Å². The third-order valence-electron chi connectivity index (χ3n) is 3.78. The fraction of sp³-hybridized carbons (Fsp3) is 0.222. The summed E-state index contributed by atoms with van der Waals surface area (Å²) < 4.78 is 0. The number of nitrogens with one attached hydrogen (secondary N) is 1. The van der Waals surface area contributed by atoms with E-state index in [0.717, 1.165) is 29.1 Å². The van der Waals surface area contributed by atoms with E-state index < -0.39 is 0 Å². The molecule has 1 aromatic heterocycles. The van der Waals surface area contributed by atoms with Crippen LogP contribution in [0.3, 0.4) is 0 Å². The average molecular weight is 326 g/mol. The Kier molecular flexibility index (Phi) is 4.57. The SMILES string of the molecule is Cc1ccc(NC(=O)C=Cc2cccs2)cc1N1CCCC1=O. The quantitative estimate of drug-likeness (QED) is 0.868. The van der Waals surface area contributed by atoms with Gasteiger partial charge in [0, 0.05) is 35.3 Å². The van der Waals surface area contributed by atoms with Gasteiger partial charge in [0.15, 0.2) is 0 Å². The van der Waals surface area contributed by atoms with Gasteiger partial charge in [0.05, 0.1) is 0 Å². The summed E-state index contributed by atoms with van der Waals surface area (Å²) in [5.41, 5.74) is 2.62. The molecule has 0 radical (unpaired) electrons. The maximum Gasteiger partial charge on any atom is 0.248 e. The summed E-state index contributed by atoms with van der Waals surface area (Å²) >= 11 is 1.58. The van der Waals surface area contributed by atoms with Crippen LogP contribution >= 0.6 is 11.3 Å². The lowest BCUT2D eigenvalue weighted by molar-refractivity contribution is -0.117. The Morgan fingerprint density at radius 2 is 2.22 bits per heavy atom. The van der Waals surface area contributed by atoms with Gasteiger partial charge in [-0.15, -0.1) is 11.3 Å². The Hall–Kier alpha value is -2.40. The van der Waals surface area contributed by atoms with E-state index in [4.69, 9.17) is 0 Å². The lowest BCUT2D eigenvalue weighted by Crippen LogP contribution is -2.24. The van der Waals surface area contributed by atoms with E-state index >= 15 is 0 Å². The van der Waals surface area contributed by atoms with E-state index in [9.17, 15) is 9.59 Å². The molecule has 0 atom stereocenters. The molecule has 2 amide bonds. The van der Waals surface area contributed by atoms with Gasteiger partial charge in [-0.3, -0.25) is 9.59 Å². The molecule has 1 N–H and O–H groups in total. The maximum atomic E-state index is 12.0. The predicted molar refractivity (Wildman–Crippen MR) is 94.7 cm³/mol. The molecule has 2 aromatic rings. The third kappa shape index (κ3) is 3.68. The normalized spacial score (nSPS) is 14.7. The number of thiophene rings is 1. The molecule has 3 rings (SSSR count). The number of aryl methyl sites for hydroxylation is 1. The second-order valence-corrected chi connectivity index (χ2v) is 6.47. The number of carbonyl (C=O) groups excluding carboxylic acids is 2. The molecule has 4 nitrogen and oxygen atoms in total. The highest BCUT2D eigenvalue weighted by Gasteiger charge is 2.23. The Morgan fingerprint density at radius 3 is 2.91 bits per heavy atom. The minimum atomic E-state index is -0.180. The van der Waals surface area contributed by atoms with Crippen molar-refractivity contribution in [2.75, 3.05) is 16.8 Å². The number of nitrogens with zero attached hydrogens (tertiary/aromatic N) is 1. The third-order valence-corrected chi connectivity index (χ3v) is 4.62. The fourth-order valence-corrected chi connectivity index (χ4v) is 3.23. The second-order valence-electron chi connectivity index (χ2n) is 5.49. The number of rotatable bonds is 4. The molecule has 1 aromatic carbocycles. The summed E-state index contributed by atoms with van der Waals surface area (Å²) in [5, 5.41) is 4.82. The first-order chi connectivity index (χ1) is 11.1. The molecule has 1 fully saturated rings. The summed E-state index contributed by atoms with van der Waals surface area (Å²) in [4.78, 5) is 26.8. The van der Waals surface area contributed by atoms with Gasteiger partial charge in [0.25, 0.3) is 0 Å². The van der Waals surface area contributed by atoms with Crippen molar-refractivity contribution in [1.82, 2.24) is 0 Å². The van der Waals surface area contributed by atoms with Gasteiger partial charge in [0.1, 0.15) is 0 Å². The van der Waals surface area contributed by atoms with Crippen molar-refractivity contribution in [3.63, 3.8) is 0 Å². The molecule has 1 aliphatic rings. The Bertz CT molecular complexity index is 750. The Morgan fingerprint density at radius 1 is 1.35 bits per heavy atom. The standard InChI is InChI=1S/C18H18N2O2S/c1-13-6-7-14(12-16(13)20-10-2-5-18(20)22)19-17(21)9-8-15-4-3-11-23-15/h3-4,6-9,11-12H,2,5,10H2,1H3,(H,19,21). The Labute approximate surface area is 139 Å². The first kappa shape index (κ1) is 15.5. The number of amides is 2. The van der Waals surface area contributed by atoms with Gasteiger partial charge < -0.3 is 10.2 Å². The van der Waals surface area contributed by atoms with Crippen molar-refractivity contribution in [2.24, 2.45) is 0 Å². The smallest absolute Gasteiger partial charge is 0.248 e. The largest absolute Gasteiger partial charge is 0.322 e. The maximum absolute atomic E-state index is 12.0. The number of benzene rings is 1. The molecule has 23 heavy (non-hydrogen) atoms. The highest BCUT2D eigenvalue weighted by Crippen LogP contribution is 2.28. The molecule has 0 saturated carbocycles. The van der Waals surface area contributed by atoms with Crippen LogP contribution in [0.4, 0.5) is 11.4 Å². The van der Waals surface area contributed by atoms with E-state index in [2.05, 4.69) is 5.32 Å². The van der Waals surface area contributed by atoms with Crippen LogP contribution in [-0.2, 0) is 9.59 Å². The minimum Gasteiger partial charge on any atom is -0.322 e. The molecule has 118 valence electrons. The molecule has 1 saturated heterocycles. The van der Waals surface area contributed by atoms with Crippen molar-refractivity contribution in [3.05, 3.63) is 52.2 Å². The molecule has 5 heteroatoms. The summed E-state index contributed by atoms with van der Waals surface area (Å²) in [6, 6.07) is 9.56. The van der Waals surface area contributed by atoms with Crippen molar-refractivity contribution in [2.45, 2.75) is 19.8 Å². The molecule has 0 spiro atoms. The zero-order valence-electron chi connectivity index (χ0n) is 12.9. The van der Waals surface area contributed by atoms with Crippen LogP contribution in [-0.4, -0.2) is 18.4 Å². The van der Waals surface area contributed by atoms with Gasteiger partial charge in [0.2, 0.25) is 11.8 Å². The molecule has 0 aliphatic carbocycles. The molecular formula is C18H18N2O2S. The van der Waals surface area contributed by atoms with E-state index in [1.807, 2.05) is 42.6 Å². The zero-order chi connectivity index (χ0) is 16.2. The fourth-order valence-electron chi connectivity index (χ4n) is 2.61. The average Bonchev–Trinajstić information content (AvgIpc) is 3.19. The molecule has 0 bridgehead atoms. The highest BCUT2D eigenvalue weighted by molar-refractivity contribution is 7.10. The molecular weight excluding hydrogens is 308 g/mol. The van der Waals surface area contributed by atoms with E-state index in [-0.39, 0.29) is 11.8 Å². The second kappa shape index (κ2) is 6.79. The van der Waals surface area contributed by atoms with Gasteiger partial charge in [-0.05, 0) is 48.6 Å². The van der Waals surface area contributed by atoms with Gasteiger partial charge in [-0.25, -0.2) is 0 Å². The van der Waals surface area contributed by atoms with Crippen molar-refractivity contribution in [3.8, 4) is 0 Å². The van der Waals surface area contributed by atoms with Gasteiger partial charge >= 0.3 is 0 Å². The molecule has 1 aliphatic heterocycles. The summed E-state index contributed by atoms with van der Waals surface area (Å²) in [6.07, 6.45) is 4.80. The van der Waals surface area contributed by atoms with E-state index in [0.29, 0.717) is 12.1 Å². The topological polar surface area (TPSA) is 49.4 Å². The number of carbonyl (C=O) groups is 2. The summed E-state index contributed by atoms with van der Waals surface area (Å²) in [7, 11) is 0. The van der Waals surface area contributed by atoms with Crippen LogP contribution in [0.2, 0.25) is 0 Å².